The van der Waals surface area contributed by atoms with E-state index in [1.54, 1.807) is 12.1 Å². The zero-order valence-corrected chi connectivity index (χ0v) is 8.12. The third-order valence-corrected chi connectivity index (χ3v) is 1.92. The van der Waals surface area contributed by atoms with Gasteiger partial charge in [-0.3, -0.25) is 0 Å². The topological polar surface area (TPSA) is 65.6 Å². The number of nitrogens with zero attached hydrogens (tertiary/aromatic N) is 2. The molecule has 0 unspecified atom stereocenters. The Kier molecular flexibility index (Phi) is 3.32. The highest BCUT2D eigenvalue weighted by atomic mass is 35.5. The summed E-state index contributed by atoms with van der Waals surface area (Å²) in [6, 6.07) is 6.59. The first kappa shape index (κ1) is 10.4. The van der Waals surface area contributed by atoms with Gasteiger partial charge in [0.15, 0.2) is 5.17 Å². The molecule has 0 radical (unpaired) electrons. The molecule has 4 nitrogen and oxygen atoms in total. The molecule has 0 bridgehead atoms. The van der Waals surface area contributed by atoms with Crippen molar-refractivity contribution >= 4 is 16.8 Å². The summed E-state index contributed by atoms with van der Waals surface area (Å²) < 4.78 is 4.98. The Morgan fingerprint density at radius 1 is 1.64 bits per heavy atom. The van der Waals surface area contributed by atoms with Crippen molar-refractivity contribution < 1.29 is 9.94 Å². The number of methoxy groups -OCH3 is 1. The summed E-state index contributed by atoms with van der Waals surface area (Å²) in [5, 5.41) is 19.9. The van der Waals surface area contributed by atoms with E-state index < -0.39 is 0 Å². The average Bonchev–Trinajstić information content (AvgIpc) is 2.27. The van der Waals surface area contributed by atoms with Crippen LogP contribution >= 0.6 is 11.6 Å². The zero-order valence-electron chi connectivity index (χ0n) is 7.36. The first-order valence-corrected chi connectivity index (χ1v) is 4.06. The Hall–Kier alpha value is -1.73. The monoisotopic (exact) mass is 210 g/mol. The van der Waals surface area contributed by atoms with E-state index in [0.717, 1.165) is 0 Å². The Morgan fingerprint density at radius 2 is 2.36 bits per heavy atom. The predicted molar refractivity (Wildman–Crippen MR) is 51.9 cm³/mol. The van der Waals surface area contributed by atoms with Gasteiger partial charge >= 0.3 is 0 Å². The fraction of sp³-hybridized carbons (Fsp3) is 0.111. The van der Waals surface area contributed by atoms with Gasteiger partial charge in [0.1, 0.15) is 5.75 Å². The minimum Gasteiger partial charge on any atom is -0.496 e. The molecular weight excluding hydrogens is 204 g/mol. The molecule has 0 heterocycles. The second kappa shape index (κ2) is 4.49. The maximum Gasteiger partial charge on any atom is 0.179 e. The van der Waals surface area contributed by atoms with Crippen LogP contribution in [0.2, 0.25) is 0 Å². The van der Waals surface area contributed by atoms with Crippen molar-refractivity contribution in [2.45, 2.75) is 0 Å². The molecule has 1 aromatic carbocycles. The van der Waals surface area contributed by atoms with Crippen molar-refractivity contribution in [2.24, 2.45) is 5.16 Å². The van der Waals surface area contributed by atoms with Crippen LogP contribution in [0.4, 0.5) is 0 Å². The van der Waals surface area contributed by atoms with Crippen molar-refractivity contribution in [3.05, 3.63) is 29.3 Å². The standard InChI is InChI=1S/C9H7ClN2O2/c1-14-8-4-6(5-11)2-3-7(8)9(10)12-13/h2-4,13H,1H3/b12-9-. The largest absolute Gasteiger partial charge is 0.496 e. The molecule has 0 fully saturated rings. The summed E-state index contributed by atoms with van der Waals surface area (Å²) in [6.45, 7) is 0. The number of hydrogen-bond acceptors (Lipinski definition) is 4. The summed E-state index contributed by atoms with van der Waals surface area (Å²) in [7, 11) is 1.45. The molecule has 0 aliphatic rings. The highest BCUT2D eigenvalue weighted by molar-refractivity contribution is 6.69. The Morgan fingerprint density at radius 3 is 2.86 bits per heavy atom. The minimum absolute atomic E-state index is 0.0775. The predicted octanol–water partition coefficient (Wildman–Crippen LogP) is 1.94. The molecule has 0 atom stereocenters. The number of nitriles is 1. The van der Waals surface area contributed by atoms with E-state index in [1.165, 1.54) is 13.2 Å². The number of halogens is 1. The van der Waals surface area contributed by atoms with Crippen molar-refractivity contribution in [3.8, 4) is 11.8 Å². The van der Waals surface area contributed by atoms with Crippen molar-refractivity contribution in [2.75, 3.05) is 7.11 Å². The first-order chi connectivity index (χ1) is 6.72. The van der Waals surface area contributed by atoms with E-state index >= 15 is 0 Å². The lowest BCUT2D eigenvalue weighted by Gasteiger charge is -2.05. The molecule has 72 valence electrons. The van der Waals surface area contributed by atoms with E-state index in [9.17, 15) is 0 Å². The van der Waals surface area contributed by atoms with E-state index in [-0.39, 0.29) is 5.17 Å². The number of hydrogen-bond donors (Lipinski definition) is 1. The van der Waals surface area contributed by atoms with Crippen LogP contribution in [-0.2, 0) is 0 Å². The van der Waals surface area contributed by atoms with Gasteiger partial charge in [0.25, 0.3) is 0 Å². The van der Waals surface area contributed by atoms with Crippen molar-refractivity contribution in [1.82, 2.24) is 0 Å². The van der Waals surface area contributed by atoms with Gasteiger partial charge in [-0.15, -0.1) is 0 Å². The third kappa shape index (κ3) is 1.95. The molecule has 5 heteroatoms. The van der Waals surface area contributed by atoms with Crippen LogP contribution in [0.1, 0.15) is 11.1 Å². The SMILES string of the molecule is COc1cc(C#N)ccc1/C(Cl)=N/O. The lowest BCUT2D eigenvalue weighted by atomic mass is 10.1. The Balaban J connectivity index is 3.27. The van der Waals surface area contributed by atoms with Gasteiger partial charge in [0.2, 0.25) is 0 Å². The number of rotatable bonds is 2. The fourth-order valence-corrected chi connectivity index (χ4v) is 1.14. The smallest absolute Gasteiger partial charge is 0.179 e. The molecule has 1 N–H and O–H groups in total. The molecule has 14 heavy (non-hydrogen) atoms. The fourth-order valence-electron chi connectivity index (χ4n) is 0.985. The summed E-state index contributed by atoms with van der Waals surface area (Å²) >= 11 is 5.61. The van der Waals surface area contributed by atoms with Crippen LogP contribution in [0, 0.1) is 11.3 Å². The van der Waals surface area contributed by atoms with Gasteiger partial charge in [0, 0.05) is 0 Å². The van der Waals surface area contributed by atoms with Gasteiger partial charge in [-0.1, -0.05) is 16.8 Å². The van der Waals surface area contributed by atoms with Crippen LogP contribution in [-0.4, -0.2) is 17.5 Å². The van der Waals surface area contributed by atoms with Crippen molar-refractivity contribution in [1.29, 1.82) is 5.26 Å². The van der Waals surface area contributed by atoms with E-state index in [0.29, 0.717) is 16.9 Å². The summed E-state index contributed by atoms with van der Waals surface area (Å²) in [5.74, 6) is 0.395. The summed E-state index contributed by atoms with van der Waals surface area (Å²) in [4.78, 5) is 0. The Bertz CT molecular complexity index is 410. The molecule has 1 rings (SSSR count). The van der Waals surface area contributed by atoms with Gasteiger partial charge in [0.05, 0.1) is 24.3 Å². The van der Waals surface area contributed by atoms with Gasteiger partial charge in [-0.2, -0.15) is 5.26 Å². The average molecular weight is 211 g/mol. The van der Waals surface area contributed by atoms with E-state index in [1.807, 2.05) is 6.07 Å². The summed E-state index contributed by atoms with van der Waals surface area (Å²) in [5.41, 5.74) is 0.892. The molecule has 0 aromatic heterocycles. The van der Waals surface area contributed by atoms with Crippen LogP contribution in [0.3, 0.4) is 0 Å². The quantitative estimate of drug-likeness (QED) is 0.461. The number of benzene rings is 1. The molecule has 0 saturated heterocycles. The third-order valence-electron chi connectivity index (χ3n) is 1.64. The minimum atomic E-state index is -0.0775. The highest BCUT2D eigenvalue weighted by Gasteiger charge is 2.09. The van der Waals surface area contributed by atoms with Crippen LogP contribution in [0.25, 0.3) is 0 Å². The molecule has 0 aliphatic heterocycles. The normalized spacial score (nSPS) is 10.8. The molecule has 0 amide bonds. The summed E-state index contributed by atoms with van der Waals surface area (Å²) in [6.07, 6.45) is 0. The van der Waals surface area contributed by atoms with Crippen LogP contribution in [0.5, 0.6) is 5.75 Å². The van der Waals surface area contributed by atoms with Crippen LogP contribution < -0.4 is 4.74 Å². The van der Waals surface area contributed by atoms with Gasteiger partial charge < -0.3 is 9.94 Å². The van der Waals surface area contributed by atoms with Crippen LogP contribution in [0.15, 0.2) is 23.4 Å². The molecule has 0 aliphatic carbocycles. The van der Waals surface area contributed by atoms with Gasteiger partial charge in [-0.05, 0) is 18.2 Å². The molecule has 0 saturated carbocycles. The van der Waals surface area contributed by atoms with Gasteiger partial charge in [-0.25, -0.2) is 0 Å². The lowest BCUT2D eigenvalue weighted by Crippen LogP contribution is -1.97. The maximum atomic E-state index is 8.63. The van der Waals surface area contributed by atoms with E-state index in [2.05, 4.69) is 5.16 Å². The number of ether oxygens (including phenoxy) is 1. The Labute approximate surface area is 86.0 Å². The maximum absolute atomic E-state index is 8.63. The van der Waals surface area contributed by atoms with Crippen molar-refractivity contribution in [3.63, 3.8) is 0 Å². The molecular formula is C9H7ClN2O2. The number of oxime groups is 1. The second-order valence-corrected chi connectivity index (χ2v) is 2.78. The molecule has 1 aromatic rings. The lowest BCUT2D eigenvalue weighted by molar-refractivity contribution is 0.320. The second-order valence-electron chi connectivity index (χ2n) is 2.42. The molecule has 0 spiro atoms. The highest BCUT2D eigenvalue weighted by Crippen LogP contribution is 2.21. The first-order valence-electron chi connectivity index (χ1n) is 3.69. The van der Waals surface area contributed by atoms with E-state index in [4.69, 9.17) is 26.8 Å². The zero-order chi connectivity index (χ0) is 10.6.